The maximum absolute atomic E-state index is 13.1. The molecule has 0 saturated heterocycles. The van der Waals surface area contributed by atoms with Crippen LogP contribution in [-0.4, -0.2) is 37.1 Å². The quantitative estimate of drug-likeness (QED) is 0.415. The Bertz CT molecular complexity index is 1290. The first-order valence-electron chi connectivity index (χ1n) is 10.8. The number of rotatable bonds is 7. The van der Waals surface area contributed by atoms with Gasteiger partial charge in [-0.25, -0.2) is 4.98 Å². The third kappa shape index (κ3) is 4.02. The number of aromatic nitrogens is 5. The second kappa shape index (κ2) is 8.78. The Kier molecular flexibility index (Phi) is 5.70. The first-order valence-corrected chi connectivity index (χ1v) is 11.6. The summed E-state index contributed by atoms with van der Waals surface area (Å²) < 4.78 is 2.85. The second-order valence-corrected chi connectivity index (χ2v) is 8.93. The molecular weight excluding hydrogens is 468 g/mol. The van der Waals surface area contributed by atoms with Crippen LogP contribution in [0.3, 0.4) is 0 Å². The van der Waals surface area contributed by atoms with E-state index in [0.717, 1.165) is 51.6 Å². The number of fused-ring (bicyclic) bond motifs is 2. The van der Waals surface area contributed by atoms with Crippen molar-refractivity contribution in [3.05, 3.63) is 75.8 Å². The number of carbonyl (C=O) groups is 1. The molecule has 32 heavy (non-hydrogen) atoms. The van der Waals surface area contributed by atoms with E-state index >= 15 is 0 Å². The summed E-state index contributed by atoms with van der Waals surface area (Å²) in [5.74, 6) is 0.239. The van der Waals surface area contributed by atoms with E-state index in [2.05, 4.69) is 43.2 Å². The van der Waals surface area contributed by atoms with Crippen molar-refractivity contribution in [2.45, 2.75) is 38.6 Å². The van der Waals surface area contributed by atoms with Crippen LogP contribution in [-0.2, 0) is 24.2 Å². The molecule has 3 aromatic heterocycles. The van der Waals surface area contributed by atoms with E-state index in [0.29, 0.717) is 24.6 Å². The fraction of sp³-hybridized carbons (Fsp3) is 0.292. The van der Waals surface area contributed by atoms with Gasteiger partial charge in [0.25, 0.3) is 0 Å². The molecule has 1 aromatic carbocycles. The number of hydrogen-bond donors (Lipinski definition) is 1. The Morgan fingerprint density at radius 1 is 1.25 bits per heavy atom. The number of Topliss-reactive ketones (excluding diaryl/α,β-unsaturated/α-hetero) is 1. The number of nitrogens with one attached hydrogen (secondary N) is 1. The molecule has 0 spiro atoms. The first kappa shape index (κ1) is 20.8. The zero-order valence-corrected chi connectivity index (χ0v) is 19.3. The lowest BCUT2D eigenvalue weighted by Crippen LogP contribution is -2.14. The maximum Gasteiger partial charge on any atom is 0.225 e. The summed E-state index contributed by atoms with van der Waals surface area (Å²) in [6.07, 6.45) is 7.78. The zero-order valence-electron chi connectivity index (χ0n) is 17.8. The van der Waals surface area contributed by atoms with E-state index in [1.807, 2.05) is 47.4 Å². The summed E-state index contributed by atoms with van der Waals surface area (Å²) in [5.41, 5.74) is 4.54. The van der Waals surface area contributed by atoms with Crippen molar-refractivity contribution in [1.29, 1.82) is 0 Å². The molecule has 0 fully saturated rings. The van der Waals surface area contributed by atoms with E-state index in [9.17, 15) is 4.79 Å². The van der Waals surface area contributed by atoms with Gasteiger partial charge in [-0.2, -0.15) is 10.1 Å². The molecule has 7 nitrogen and oxygen atoms in total. The number of halogens is 1. The summed E-state index contributed by atoms with van der Waals surface area (Å²) >= 11 is 3.55. The van der Waals surface area contributed by atoms with Gasteiger partial charge in [-0.3, -0.25) is 14.5 Å². The third-order valence-corrected chi connectivity index (χ3v) is 6.20. The van der Waals surface area contributed by atoms with Gasteiger partial charge in [0.1, 0.15) is 0 Å². The van der Waals surface area contributed by atoms with Crippen LogP contribution in [0.2, 0.25) is 0 Å². The highest BCUT2D eigenvalue weighted by Crippen LogP contribution is 2.39. The molecule has 0 saturated carbocycles. The molecule has 5 rings (SSSR count). The van der Waals surface area contributed by atoms with Crippen molar-refractivity contribution in [3.63, 3.8) is 0 Å². The number of hydrogen-bond acceptors (Lipinski definition) is 6. The van der Waals surface area contributed by atoms with Crippen LogP contribution in [0.15, 0.2) is 53.4 Å². The van der Waals surface area contributed by atoms with Crippen molar-refractivity contribution < 1.29 is 4.79 Å². The van der Waals surface area contributed by atoms with Crippen molar-refractivity contribution in [1.82, 2.24) is 24.7 Å². The van der Waals surface area contributed by atoms with Gasteiger partial charge < -0.3 is 5.32 Å². The number of aryl methyl sites for hydroxylation is 1. The normalized spacial score (nSPS) is 15.3. The Morgan fingerprint density at radius 2 is 2.16 bits per heavy atom. The van der Waals surface area contributed by atoms with Crippen molar-refractivity contribution >= 4 is 38.7 Å². The largest absolute Gasteiger partial charge is 0.354 e. The third-order valence-electron chi connectivity index (χ3n) is 5.71. The van der Waals surface area contributed by atoms with Gasteiger partial charge in [-0.15, -0.1) is 0 Å². The summed E-state index contributed by atoms with van der Waals surface area (Å²) in [5, 5.41) is 8.81. The predicted molar refractivity (Wildman–Crippen MR) is 127 cm³/mol. The molecule has 8 heteroatoms. The Balaban J connectivity index is 1.53. The van der Waals surface area contributed by atoms with E-state index < -0.39 is 5.92 Å². The Labute approximate surface area is 194 Å². The molecule has 0 radical (unpaired) electrons. The van der Waals surface area contributed by atoms with Crippen LogP contribution in [0.1, 0.15) is 41.6 Å². The first-order chi connectivity index (χ1) is 15.6. The monoisotopic (exact) mass is 490 g/mol. The molecule has 1 aliphatic rings. The molecule has 0 bridgehead atoms. The van der Waals surface area contributed by atoms with Crippen molar-refractivity contribution in [2.75, 3.05) is 11.9 Å². The van der Waals surface area contributed by atoms with E-state index in [1.165, 1.54) is 0 Å². The Morgan fingerprint density at radius 3 is 2.97 bits per heavy atom. The smallest absolute Gasteiger partial charge is 0.225 e. The van der Waals surface area contributed by atoms with Crippen LogP contribution in [0.4, 0.5) is 5.95 Å². The molecule has 1 aliphatic carbocycles. The average molecular weight is 491 g/mol. The molecular formula is C24H23BrN6O. The highest BCUT2D eigenvalue weighted by Gasteiger charge is 2.35. The van der Waals surface area contributed by atoms with E-state index in [4.69, 9.17) is 4.98 Å². The lowest BCUT2D eigenvalue weighted by atomic mass is 9.95. The van der Waals surface area contributed by atoms with Gasteiger partial charge in [0, 0.05) is 42.6 Å². The van der Waals surface area contributed by atoms with Gasteiger partial charge in [-0.1, -0.05) is 35.0 Å². The highest BCUT2D eigenvalue weighted by molar-refractivity contribution is 9.10. The summed E-state index contributed by atoms with van der Waals surface area (Å²) in [6, 6.07) is 10.0. The molecule has 1 unspecified atom stereocenters. The predicted octanol–water partition coefficient (Wildman–Crippen LogP) is 4.31. The van der Waals surface area contributed by atoms with Crippen LogP contribution >= 0.6 is 15.9 Å². The van der Waals surface area contributed by atoms with Gasteiger partial charge in [-0.05, 0) is 47.7 Å². The molecule has 1 atom stereocenters. The minimum atomic E-state index is -0.411. The van der Waals surface area contributed by atoms with Gasteiger partial charge in [0.15, 0.2) is 11.4 Å². The SMILES string of the molecule is CCCn1cc2c(C3C(=O)Cc4ccc(Br)cc43)nc(NCCc3cccnc3)nc2n1. The highest BCUT2D eigenvalue weighted by atomic mass is 79.9. The summed E-state index contributed by atoms with van der Waals surface area (Å²) in [6.45, 7) is 3.56. The molecule has 4 aromatic rings. The van der Waals surface area contributed by atoms with Crippen LogP contribution in [0.5, 0.6) is 0 Å². The van der Waals surface area contributed by atoms with Gasteiger partial charge >= 0.3 is 0 Å². The molecule has 0 amide bonds. The zero-order chi connectivity index (χ0) is 22.1. The lowest BCUT2D eigenvalue weighted by Gasteiger charge is -2.13. The number of ketones is 1. The second-order valence-electron chi connectivity index (χ2n) is 8.02. The van der Waals surface area contributed by atoms with Crippen molar-refractivity contribution in [3.8, 4) is 0 Å². The fourth-order valence-electron chi connectivity index (χ4n) is 4.24. The Hall–Kier alpha value is -3.13. The van der Waals surface area contributed by atoms with Crippen LogP contribution in [0.25, 0.3) is 11.0 Å². The van der Waals surface area contributed by atoms with Crippen LogP contribution < -0.4 is 5.32 Å². The molecule has 1 N–H and O–H groups in total. The number of nitrogens with zero attached hydrogens (tertiary/aromatic N) is 5. The molecule has 0 aliphatic heterocycles. The fourth-order valence-corrected chi connectivity index (χ4v) is 4.62. The maximum atomic E-state index is 13.1. The van der Waals surface area contributed by atoms with Crippen molar-refractivity contribution in [2.24, 2.45) is 0 Å². The molecule has 3 heterocycles. The number of benzene rings is 1. The topological polar surface area (TPSA) is 85.6 Å². The average Bonchev–Trinajstić information content (AvgIpc) is 3.33. The minimum absolute atomic E-state index is 0.155. The number of carbonyl (C=O) groups excluding carboxylic acids is 1. The van der Waals surface area contributed by atoms with Gasteiger partial charge in [0.2, 0.25) is 5.95 Å². The summed E-state index contributed by atoms with van der Waals surface area (Å²) in [7, 11) is 0. The van der Waals surface area contributed by atoms with Gasteiger partial charge in [0.05, 0.1) is 17.0 Å². The standard InChI is InChI=1S/C24H23BrN6O/c1-2-10-31-14-19-22(21-18-12-17(25)6-5-16(18)11-20(21)32)28-24(29-23(19)30-31)27-9-7-15-4-3-8-26-13-15/h3-6,8,12-14,21H,2,7,9-11H2,1H3,(H,27,29,30). The minimum Gasteiger partial charge on any atom is -0.354 e. The van der Waals surface area contributed by atoms with Crippen LogP contribution in [0, 0.1) is 0 Å². The summed E-state index contributed by atoms with van der Waals surface area (Å²) in [4.78, 5) is 26.7. The number of anilines is 1. The number of pyridine rings is 1. The lowest BCUT2D eigenvalue weighted by molar-refractivity contribution is -0.118. The molecule has 162 valence electrons. The van der Waals surface area contributed by atoms with E-state index in [1.54, 1.807) is 6.20 Å². The van der Waals surface area contributed by atoms with E-state index in [-0.39, 0.29) is 5.78 Å².